The molecule has 6 aliphatic rings. The van der Waals surface area contributed by atoms with Gasteiger partial charge in [-0.2, -0.15) is 0 Å². The maximum absolute atomic E-state index is 7.07. The number of ether oxygens (including phenoxy) is 2. The fraction of sp³-hybridized carbons (Fsp3) is 0.236. The van der Waals surface area contributed by atoms with Crippen molar-refractivity contribution in [2.24, 2.45) is 0 Å². The molecule has 0 amide bonds. The van der Waals surface area contributed by atoms with E-state index < -0.39 is 0 Å². The molecule has 2 aliphatic heterocycles. The quantitative estimate of drug-likeness (QED) is 0.0961. The van der Waals surface area contributed by atoms with Gasteiger partial charge in [0.15, 0.2) is 0 Å². The number of rotatable bonds is 16. The standard InChI is InChI=1S/C38H39NO.C36H33NO.C36H33N/c1-5-37(6-2)34-24-23-30(26-35(34)38(7-3,8-4)40-37)33-25-28-17-15-16-18-29(28)27-36(33)39(31-19-11-9-12-20-31)32-21-13-10-14-22-32;1-35(2)33-24-28(19-20-32(33)36(38-35)21-11-12-22-36)31-23-26-13-9-10-14-27(26)25-34(31)37(29-15-5-3-6-16-29)30-17-7-4-8-18-30;1-35-19-21-36(2,22-20-35)33-24-28(17-18-32(33)35)31-23-26-11-9-10-12-27(26)25-34(31)37(29-13-5-3-6-14-29)30-15-7-4-8-16-30/h9-27H,5-8H2,1-4H3;3-10,13-20,23-25H,11-12,21-22H2,1-2H3;3-18,23-25H,19-22H2,1-2H3. The highest BCUT2D eigenvalue weighted by Crippen LogP contribution is 2.60. The Morgan fingerprint density at radius 2 is 0.513 bits per heavy atom. The Kier molecular flexibility index (Phi) is 19.9. The molecule has 572 valence electrons. The molecule has 0 unspecified atom stereocenters. The molecule has 2 heterocycles. The summed E-state index contributed by atoms with van der Waals surface area (Å²) in [5.74, 6) is 0. The second kappa shape index (κ2) is 30.6. The Morgan fingerprint density at radius 1 is 0.243 bits per heavy atom. The van der Waals surface area contributed by atoms with Crippen LogP contribution in [0.15, 0.2) is 346 Å². The lowest BCUT2D eigenvalue weighted by Crippen LogP contribution is -2.44. The highest BCUT2D eigenvalue weighted by molar-refractivity contribution is 6.02. The van der Waals surface area contributed by atoms with Gasteiger partial charge in [0.25, 0.3) is 0 Å². The largest absolute Gasteiger partial charge is 0.360 e. The molecule has 5 heteroatoms. The molecule has 2 saturated carbocycles. The Morgan fingerprint density at radius 3 is 0.843 bits per heavy atom. The van der Waals surface area contributed by atoms with Crippen molar-refractivity contribution >= 4 is 83.5 Å². The summed E-state index contributed by atoms with van der Waals surface area (Å²) in [7, 11) is 0. The monoisotopic (exact) mass is 1500 g/mol. The third kappa shape index (κ3) is 13.6. The predicted octanol–water partition coefficient (Wildman–Crippen LogP) is 31.1. The second-order valence-electron chi connectivity index (χ2n) is 33.9. The molecular formula is C110H105N3O2. The molecule has 2 fully saturated rings. The molecule has 15 aromatic rings. The van der Waals surface area contributed by atoms with Crippen LogP contribution in [0.4, 0.5) is 51.2 Å². The van der Waals surface area contributed by atoms with E-state index in [1.807, 2.05) is 0 Å². The van der Waals surface area contributed by atoms with Crippen LogP contribution in [-0.2, 0) is 42.7 Å². The zero-order valence-electron chi connectivity index (χ0n) is 68.1. The van der Waals surface area contributed by atoms with E-state index in [1.54, 1.807) is 11.1 Å². The Bertz CT molecular complexity index is 5880. The number of anilines is 9. The minimum Gasteiger partial charge on any atom is -0.360 e. The van der Waals surface area contributed by atoms with Gasteiger partial charge in [0.1, 0.15) is 0 Å². The van der Waals surface area contributed by atoms with Gasteiger partial charge in [0.05, 0.1) is 39.5 Å². The van der Waals surface area contributed by atoms with Gasteiger partial charge < -0.3 is 24.2 Å². The third-order valence-corrected chi connectivity index (χ3v) is 26.8. The molecule has 21 rings (SSSR count). The van der Waals surface area contributed by atoms with Crippen LogP contribution in [-0.4, -0.2) is 0 Å². The van der Waals surface area contributed by atoms with E-state index in [0.29, 0.717) is 10.8 Å². The van der Waals surface area contributed by atoms with Gasteiger partial charge in [-0.3, -0.25) is 0 Å². The van der Waals surface area contributed by atoms with Crippen molar-refractivity contribution in [1.29, 1.82) is 0 Å². The molecule has 0 radical (unpaired) electrons. The first-order chi connectivity index (χ1) is 56.2. The summed E-state index contributed by atoms with van der Waals surface area (Å²) in [6, 6.07) is 126. The summed E-state index contributed by atoms with van der Waals surface area (Å²) in [4.78, 5) is 7.19. The number of fused-ring (bicyclic) bond motifs is 8. The fourth-order valence-corrected chi connectivity index (χ4v) is 20.4. The molecule has 0 atom stereocenters. The van der Waals surface area contributed by atoms with Crippen LogP contribution in [0.1, 0.15) is 166 Å². The molecule has 0 aromatic heterocycles. The molecule has 5 nitrogen and oxygen atoms in total. The summed E-state index contributed by atoms with van der Waals surface area (Å²) in [6.07, 6.45) is 13.8. The Balaban J connectivity index is 0.000000120. The summed E-state index contributed by atoms with van der Waals surface area (Å²) in [5, 5.41) is 7.49. The van der Waals surface area contributed by atoms with Crippen molar-refractivity contribution in [1.82, 2.24) is 0 Å². The van der Waals surface area contributed by atoms with E-state index in [0.717, 1.165) is 61.3 Å². The number of hydrogen-bond acceptors (Lipinski definition) is 5. The van der Waals surface area contributed by atoms with Crippen LogP contribution in [0, 0.1) is 0 Å². The second-order valence-corrected chi connectivity index (χ2v) is 33.9. The van der Waals surface area contributed by atoms with Crippen molar-refractivity contribution in [3.63, 3.8) is 0 Å². The number of hydrogen-bond donors (Lipinski definition) is 0. The average molecular weight is 1500 g/mol. The van der Waals surface area contributed by atoms with Gasteiger partial charge in [-0.1, -0.05) is 279 Å². The minimum atomic E-state index is -0.300. The first-order valence-corrected chi connectivity index (χ1v) is 42.3. The van der Waals surface area contributed by atoms with E-state index in [2.05, 4.69) is 416 Å². The molecule has 0 saturated heterocycles. The lowest BCUT2D eigenvalue weighted by Gasteiger charge is -2.52. The first kappa shape index (κ1) is 74.8. The van der Waals surface area contributed by atoms with Crippen LogP contribution in [0.3, 0.4) is 0 Å². The van der Waals surface area contributed by atoms with Crippen LogP contribution in [0.5, 0.6) is 0 Å². The lowest BCUT2D eigenvalue weighted by atomic mass is 9.52. The molecule has 115 heavy (non-hydrogen) atoms. The zero-order chi connectivity index (χ0) is 78.5. The first-order valence-electron chi connectivity index (χ1n) is 42.3. The predicted molar refractivity (Wildman–Crippen MR) is 485 cm³/mol. The Labute approximate surface area is 681 Å². The number of nitrogens with zero attached hydrogens (tertiary/aromatic N) is 3. The van der Waals surface area contributed by atoms with Crippen molar-refractivity contribution in [2.45, 2.75) is 166 Å². The zero-order valence-corrected chi connectivity index (χ0v) is 68.1. The molecular weight excluding hydrogens is 1400 g/mol. The number of benzene rings is 15. The van der Waals surface area contributed by atoms with Gasteiger partial charge in [-0.05, 0) is 293 Å². The van der Waals surface area contributed by atoms with E-state index in [1.165, 1.54) is 155 Å². The molecule has 0 N–H and O–H groups in total. The molecule has 1 spiro atoms. The van der Waals surface area contributed by atoms with E-state index in [4.69, 9.17) is 9.47 Å². The average Bonchev–Trinajstić information content (AvgIpc) is 1.59. The maximum atomic E-state index is 7.07. The smallest absolute Gasteiger partial charge is 0.0946 e. The summed E-state index contributed by atoms with van der Waals surface area (Å²) < 4.78 is 13.9. The van der Waals surface area contributed by atoms with Crippen molar-refractivity contribution < 1.29 is 9.47 Å². The lowest BCUT2D eigenvalue weighted by molar-refractivity contribution is -0.151. The SMILES string of the molecule is CC1(C)OC2(CCCC2)c2ccc(-c3cc4ccccc4cc3N(c3ccccc3)c3ccccc3)cc21.CC12CCC(C)(CC1)c1cc(-c3cc4ccccc4cc3N(c3ccccc3)c3ccccc3)ccc12.CCC1(CC)OC(CC)(CC)c2cc(-c3cc4ccccc4cc3N(c3ccccc3)c3ccccc3)ccc21. The van der Waals surface area contributed by atoms with Gasteiger partial charge in [-0.25, -0.2) is 0 Å². The molecule has 15 aromatic carbocycles. The fourth-order valence-electron chi connectivity index (χ4n) is 20.4. The summed E-state index contributed by atoms with van der Waals surface area (Å²) in [5.41, 5.74) is 26.3. The Hall–Kier alpha value is -11.6. The molecule has 2 bridgehead atoms. The van der Waals surface area contributed by atoms with Gasteiger partial charge in [0, 0.05) is 50.8 Å². The van der Waals surface area contributed by atoms with E-state index in [-0.39, 0.29) is 22.4 Å². The van der Waals surface area contributed by atoms with Crippen LogP contribution in [0.2, 0.25) is 0 Å². The van der Waals surface area contributed by atoms with Gasteiger partial charge in [0.2, 0.25) is 0 Å². The highest BCUT2D eigenvalue weighted by Gasteiger charge is 2.52. The van der Waals surface area contributed by atoms with E-state index in [9.17, 15) is 0 Å². The van der Waals surface area contributed by atoms with Gasteiger partial charge in [-0.15, -0.1) is 0 Å². The van der Waals surface area contributed by atoms with E-state index >= 15 is 0 Å². The van der Waals surface area contributed by atoms with Crippen LogP contribution >= 0.6 is 0 Å². The normalized spacial score (nSPS) is 18.1. The topological polar surface area (TPSA) is 28.2 Å². The van der Waals surface area contributed by atoms with Crippen molar-refractivity contribution in [3.8, 4) is 33.4 Å². The van der Waals surface area contributed by atoms with Crippen molar-refractivity contribution in [3.05, 3.63) is 379 Å². The minimum absolute atomic E-state index is 0.107. The molecule has 4 aliphatic carbocycles. The third-order valence-electron chi connectivity index (χ3n) is 26.8. The summed E-state index contributed by atoms with van der Waals surface area (Å²) in [6.45, 7) is 18.5. The summed E-state index contributed by atoms with van der Waals surface area (Å²) >= 11 is 0. The number of para-hydroxylation sites is 6. The van der Waals surface area contributed by atoms with Gasteiger partial charge >= 0.3 is 0 Å². The highest BCUT2D eigenvalue weighted by atomic mass is 16.5. The van der Waals surface area contributed by atoms with Crippen LogP contribution < -0.4 is 14.7 Å². The van der Waals surface area contributed by atoms with Crippen molar-refractivity contribution in [2.75, 3.05) is 14.7 Å². The maximum Gasteiger partial charge on any atom is 0.0946 e. The van der Waals surface area contributed by atoms with Crippen LogP contribution in [0.25, 0.3) is 65.7 Å².